The lowest BCUT2D eigenvalue weighted by Crippen LogP contribution is -1.95. The van der Waals surface area contributed by atoms with Gasteiger partial charge in [0, 0.05) is 11.1 Å². The van der Waals surface area contributed by atoms with Crippen LogP contribution in [-0.2, 0) is 0 Å². The Morgan fingerprint density at radius 1 is 1.19 bits per heavy atom. The predicted octanol–water partition coefficient (Wildman–Crippen LogP) is 5.41. The van der Waals surface area contributed by atoms with Gasteiger partial charge in [0.2, 0.25) is 6.79 Å². The molecule has 0 spiro atoms. The van der Waals surface area contributed by atoms with Crippen LogP contribution in [0.25, 0.3) is 0 Å². The molecule has 1 aliphatic heterocycles. The first-order valence-corrected chi connectivity index (χ1v) is 7.57. The van der Waals surface area contributed by atoms with Crippen molar-refractivity contribution in [3.05, 3.63) is 39.4 Å². The molecule has 1 aliphatic rings. The number of allylic oxidation sites excluding steroid dienone is 2. The van der Waals surface area contributed by atoms with Gasteiger partial charge in [-0.15, -0.1) is 0 Å². The molecular weight excluding hydrogens is 335 g/mol. The molecule has 0 fully saturated rings. The first-order valence-electron chi connectivity index (χ1n) is 6.44. The zero-order chi connectivity index (χ0) is 15.2. The fourth-order valence-electron chi connectivity index (χ4n) is 1.75. The minimum Gasteiger partial charge on any atom is -0.489 e. The van der Waals surface area contributed by atoms with Gasteiger partial charge in [0.25, 0.3) is 0 Å². The lowest BCUT2D eigenvalue weighted by atomic mass is 10.1. The molecule has 21 heavy (non-hydrogen) atoms. The lowest BCUT2D eigenvalue weighted by molar-refractivity contribution is 0.174. The summed E-state index contributed by atoms with van der Waals surface area (Å²) in [6, 6.07) is 5.50. The summed E-state index contributed by atoms with van der Waals surface area (Å²) in [5.41, 5.74) is 1.16. The van der Waals surface area contributed by atoms with Gasteiger partial charge in [-0.3, -0.25) is 0 Å². The molecule has 0 aliphatic carbocycles. The standard InChI is InChI=1S/C15H15Cl3O3/c1-10(2-4-12(16)15(17)18)6-7-19-11-3-5-13-14(8-11)21-9-20-13/h3,5-6,8H,2,4,7,9H2,1H3. The Hall–Kier alpha value is -1.03. The average Bonchev–Trinajstić information content (AvgIpc) is 2.92. The number of halogens is 3. The van der Waals surface area contributed by atoms with Gasteiger partial charge in [-0.05, 0) is 38.0 Å². The van der Waals surface area contributed by atoms with Crippen molar-refractivity contribution in [3.8, 4) is 17.2 Å². The third-order valence-electron chi connectivity index (χ3n) is 2.97. The summed E-state index contributed by atoms with van der Waals surface area (Å²) in [6.45, 7) is 2.74. The minimum absolute atomic E-state index is 0.126. The van der Waals surface area contributed by atoms with Crippen molar-refractivity contribution in [2.45, 2.75) is 19.8 Å². The molecule has 0 N–H and O–H groups in total. The Balaban J connectivity index is 1.80. The number of fused-ring (bicyclic) bond motifs is 1. The second-order valence-electron chi connectivity index (χ2n) is 4.54. The molecule has 0 saturated heterocycles. The van der Waals surface area contributed by atoms with Gasteiger partial charge in [0.15, 0.2) is 11.5 Å². The Kier molecular flexibility index (Phi) is 6.09. The maximum absolute atomic E-state index is 5.88. The van der Waals surface area contributed by atoms with Gasteiger partial charge in [0.1, 0.15) is 16.8 Å². The van der Waals surface area contributed by atoms with E-state index >= 15 is 0 Å². The van der Waals surface area contributed by atoms with E-state index in [2.05, 4.69) is 0 Å². The third-order valence-corrected chi connectivity index (χ3v) is 4.00. The zero-order valence-corrected chi connectivity index (χ0v) is 13.8. The normalized spacial score (nSPS) is 13.2. The molecule has 0 aromatic heterocycles. The lowest BCUT2D eigenvalue weighted by Gasteiger charge is -2.06. The summed E-state index contributed by atoms with van der Waals surface area (Å²) in [5.74, 6) is 2.19. The first-order chi connectivity index (χ1) is 10.1. The van der Waals surface area contributed by atoms with Crippen molar-refractivity contribution in [1.29, 1.82) is 0 Å². The van der Waals surface area contributed by atoms with Crippen molar-refractivity contribution in [2.24, 2.45) is 0 Å². The molecule has 1 heterocycles. The Morgan fingerprint density at radius 2 is 1.95 bits per heavy atom. The highest BCUT2D eigenvalue weighted by Crippen LogP contribution is 2.35. The Morgan fingerprint density at radius 3 is 2.71 bits per heavy atom. The minimum atomic E-state index is 0.126. The highest BCUT2D eigenvalue weighted by Gasteiger charge is 2.13. The van der Waals surface area contributed by atoms with Crippen molar-refractivity contribution < 1.29 is 14.2 Å². The third kappa shape index (κ3) is 5.03. The molecule has 2 rings (SSSR count). The molecule has 0 radical (unpaired) electrons. The highest BCUT2D eigenvalue weighted by molar-refractivity contribution is 6.59. The monoisotopic (exact) mass is 348 g/mol. The van der Waals surface area contributed by atoms with Crippen LogP contribution in [0.4, 0.5) is 0 Å². The van der Waals surface area contributed by atoms with Gasteiger partial charge in [-0.25, -0.2) is 0 Å². The van der Waals surface area contributed by atoms with E-state index in [1.165, 1.54) is 0 Å². The molecule has 114 valence electrons. The summed E-state index contributed by atoms with van der Waals surface area (Å²) in [5, 5.41) is 0.475. The van der Waals surface area contributed by atoms with Crippen molar-refractivity contribution in [2.75, 3.05) is 13.4 Å². The van der Waals surface area contributed by atoms with Crippen LogP contribution in [0.3, 0.4) is 0 Å². The van der Waals surface area contributed by atoms with E-state index in [0.29, 0.717) is 23.8 Å². The number of hydrogen-bond donors (Lipinski definition) is 0. The summed E-state index contributed by atoms with van der Waals surface area (Å²) < 4.78 is 16.3. The largest absolute Gasteiger partial charge is 0.489 e. The molecule has 3 nitrogen and oxygen atoms in total. The van der Waals surface area contributed by atoms with Gasteiger partial charge in [-0.1, -0.05) is 40.4 Å². The van der Waals surface area contributed by atoms with Crippen LogP contribution >= 0.6 is 34.8 Å². The first kappa shape index (κ1) is 16.3. The zero-order valence-electron chi connectivity index (χ0n) is 11.5. The van der Waals surface area contributed by atoms with E-state index in [0.717, 1.165) is 23.5 Å². The van der Waals surface area contributed by atoms with Crippen LogP contribution in [0.2, 0.25) is 0 Å². The van der Waals surface area contributed by atoms with E-state index in [9.17, 15) is 0 Å². The highest BCUT2D eigenvalue weighted by atomic mass is 35.5. The van der Waals surface area contributed by atoms with Crippen molar-refractivity contribution in [1.82, 2.24) is 0 Å². The number of rotatable bonds is 6. The molecular formula is C15H15Cl3O3. The van der Waals surface area contributed by atoms with Gasteiger partial charge >= 0.3 is 0 Å². The molecule has 0 atom stereocenters. The topological polar surface area (TPSA) is 27.7 Å². The average molecular weight is 350 g/mol. The predicted molar refractivity (Wildman–Crippen MR) is 85.6 cm³/mol. The van der Waals surface area contributed by atoms with E-state index in [1.807, 2.05) is 31.2 Å². The smallest absolute Gasteiger partial charge is 0.231 e. The number of hydrogen-bond acceptors (Lipinski definition) is 3. The van der Waals surface area contributed by atoms with Crippen LogP contribution in [-0.4, -0.2) is 13.4 Å². The summed E-state index contributed by atoms with van der Waals surface area (Å²) >= 11 is 17.1. The fraction of sp³-hybridized carbons (Fsp3) is 0.333. The second kappa shape index (κ2) is 7.83. The number of benzene rings is 1. The summed E-state index contributed by atoms with van der Waals surface area (Å²) in [4.78, 5) is 0. The second-order valence-corrected chi connectivity index (χ2v) is 5.95. The quantitative estimate of drug-likeness (QED) is 0.643. The van der Waals surface area contributed by atoms with Crippen LogP contribution in [0.5, 0.6) is 17.2 Å². The Labute approximate surface area is 139 Å². The molecule has 0 amide bonds. The van der Waals surface area contributed by atoms with Gasteiger partial charge in [0.05, 0.1) is 0 Å². The van der Waals surface area contributed by atoms with Crippen LogP contribution < -0.4 is 14.2 Å². The van der Waals surface area contributed by atoms with E-state index in [-0.39, 0.29) is 11.3 Å². The van der Waals surface area contributed by atoms with E-state index in [4.69, 9.17) is 49.0 Å². The van der Waals surface area contributed by atoms with Gasteiger partial charge in [-0.2, -0.15) is 0 Å². The van der Waals surface area contributed by atoms with Crippen molar-refractivity contribution in [3.63, 3.8) is 0 Å². The molecule has 0 bridgehead atoms. The summed E-state index contributed by atoms with van der Waals surface area (Å²) in [7, 11) is 0. The van der Waals surface area contributed by atoms with Crippen LogP contribution in [0.15, 0.2) is 39.4 Å². The van der Waals surface area contributed by atoms with Crippen LogP contribution in [0.1, 0.15) is 19.8 Å². The fourth-order valence-corrected chi connectivity index (χ4v) is 2.03. The Bertz CT molecular complexity index is 563. The molecule has 0 unspecified atom stereocenters. The molecule has 0 saturated carbocycles. The summed E-state index contributed by atoms with van der Waals surface area (Å²) in [6.07, 6.45) is 3.40. The van der Waals surface area contributed by atoms with E-state index < -0.39 is 0 Å². The molecule has 6 heteroatoms. The SMILES string of the molecule is CC(=CCOc1ccc2c(c1)OCO2)CCC(Cl)=C(Cl)Cl. The van der Waals surface area contributed by atoms with Gasteiger partial charge < -0.3 is 14.2 Å². The maximum Gasteiger partial charge on any atom is 0.231 e. The molecule has 1 aromatic carbocycles. The van der Waals surface area contributed by atoms with Crippen LogP contribution in [0, 0.1) is 0 Å². The number of ether oxygens (including phenoxy) is 3. The van der Waals surface area contributed by atoms with E-state index in [1.54, 1.807) is 0 Å². The molecule has 1 aromatic rings. The maximum atomic E-state index is 5.88. The van der Waals surface area contributed by atoms with Crippen molar-refractivity contribution >= 4 is 34.8 Å².